The van der Waals surface area contributed by atoms with E-state index in [1.165, 1.54) is 0 Å². The SMILES string of the molecule is O=C1c2cc(Br)ccc2CN1C(CO)c1cccc(Oc2ccccc2)c1. The van der Waals surface area contributed by atoms with Crippen molar-refractivity contribution in [1.82, 2.24) is 4.90 Å². The van der Waals surface area contributed by atoms with Crippen molar-refractivity contribution in [3.05, 3.63) is 94.0 Å². The predicted octanol–water partition coefficient (Wildman–Crippen LogP) is 4.93. The van der Waals surface area contributed by atoms with E-state index in [9.17, 15) is 9.90 Å². The monoisotopic (exact) mass is 423 g/mol. The van der Waals surface area contributed by atoms with E-state index in [1.54, 1.807) is 4.90 Å². The van der Waals surface area contributed by atoms with Crippen LogP contribution in [0.4, 0.5) is 0 Å². The molecule has 5 heteroatoms. The van der Waals surface area contributed by atoms with Crippen LogP contribution in [-0.2, 0) is 6.54 Å². The molecule has 0 aliphatic carbocycles. The quantitative estimate of drug-likeness (QED) is 0.632. The molecule has 3 aromatic rings. The molecule has 1 unspecified atom stereocenters. The van der Waals surface area contributed by atoms with E-state index >= 15 is 0 Å². The van der Waals surface area contributed by atoms with Crippen molar-refractivity contribution in [3.8, 4) is 11.5 Å². The molecule has 1 atom stereocenters. The fraction of sp³-hybridized carbons (Fsp3) is 0.136. The molecule has 3 aromatic carbocycles. The maximum Gasteiger partial charge on any atom is 0.255 e. The summed E-state index contributed by atoms with van der Waals surface area (Å²) >= 11 is 3.42. The summed E-state index contributed by atoms with van der Waals surface area (Å²) in [7, 11) is 0. The Morgan fingerprint density at radius 3 is 2.56 bits per heavy atom. The maximum absolute atomic E-state index is 12.9. The minimum Gasteiger partial charge on any atom is -0.457 e. The van der Waals surface area contributed by atoms with Crippen molar-refractivity contribution in [2.24, 2.45) is 0 Å². The summed E-state index contributed by atoms with van der Waals surface area (Å²) < 4.78 is 6.76. The van der Waals surface area contributed by atoms with Crippen LogP contribution >= 0.6 is 15.9 Å². The van der Waals surface area contributed by atoms with Gasteiger partial charge >= 0.3 is 0 Å². The topological polar surface area (TPSA) is 49.8 Å². The van der Waals surface area contributed by atoms with Gasteiger partial charge in [0.1, 0.15) is 11.5 Å². The summed E-state index contributed by atoms with van der Waals surface area (Å²) in [6.07, 6.45) is 0. The Labute approximate surface area is 166 Å². The number of ether oxygens (including phenoxy) is 1. The summed E-state index contributed by atoms with van der Waals surface area (Å²) in [6, 6.07) is 22.3. The zero-order valence-electron chi connectivity index (χ0n) is 14.5. The number of fused-ring (bicyclic) bond motifs is 1. The molecule has 1 aliphatic rings. The van der Waals surface area contributed by atoms with E-state index in [0.717, 1.165) is 21.3 Å². The third kappa shape index (κ3) is 3.61. The van der Waals surface area contributed by atoms with Crippen molar-refractivity contribution in [2.75, 3.05) is 6.61 Å². The van der Waals surface area contributed by atoms with E-state index in [-0.39, 0.29) is 12.5 Å². The number of hydrogen-bond acceptors (Lipinski definition) is 3. The highest BCUT2D eigenvalue weighted by Crippen LogP contribution is 2.34. The van der Waals surface area contributed by atoms with Crippen LogP contribution < -0.4 is 4.74 Å². The van der Waals surface area contributed by atoms with Gasteiger partial charge in [0, 0.05) is 16.6 Å². The zero-order chi connectivity index (χ0) is 18.8. The summed E-state index contributed by atoms with van der Waals surface area (Å²) in [5, 5.41) is 10.0. The zero-order valence-corrected chi connectivity index (χ0v) is 16.1. The highest BCUT2D eigenvalue weighted by atomic mass is 79.9. The Kier molecular flexibility index (Phi) is 4.97. The molecular formula is C22H18BrNO3. The fourth-order valence-electron chi connectivity index (χ4n) is 3.34. The van der Waals surface area contributed by atoms with Crippen LogP contribution in [0.2, 0.25) is 0 Å². The van der Waals surface area contributed by atoms with Crippen LogP contribution in [0.5, 0.6) is 11.5 Å². The lowest BCUT2D eigenvalue weighted by Crippen LogP contribution is -2.31. The largest absolute Gasteiger partial charge is 0.457 e. The second-order valence-electron chi connectivity index (χ2n) is 6.42. The molecule has 0 spiro atoms. The van der Waals surface area contributed by atoms with Gasteiger partial charge in [0.05, 0.1) is 12.6 Å². The molecule has 1 aliphatic heterocycles. The van der Waals surface area contributed by atoms with Gasteiger partial charge < -0.3 is 14.7 Å². The summed E-state index contributed by atoms with van der Waals surface area (Å²) in [6.45, 7) is 0.326. The van der Waals surface area contributed by atoms with E-state index in [4.69, 9.17) is 4.74 Å². The number of carbonyl (C=O) groups excluding carboxylic acids is 1. The van der Waals surface area contributed by atoms with Gasteiger partial charge in [0.15, 0.2) is 0 Å². The second kappa shape index (κ2) is 7.55. The van der Waals surface area contributed by atoms with Gasteiger partial charge in [-0.3, -0.25) is 4.79 Å². The molecule has 4 nitrogen and oxygen atoms in total. The van der Waals surface area contributed by atoms with E-state index in [2.05, 4.69) is 15.9 Å². The Balaban J connectivity index is 1.60. The first-order valence-electron chi connectivity index (χ1n) is 8.69. The molecule has 27 heavy (non-hydrogen) atoms. The van der Waals surface area contributed by atoms with Gasteiger partial charge in [-0.25, -0.2) is 0 Å². The highest BCUT2D eigenvalue weighted by molar-refractivity contribution is 9.10. The summed E-state index contributed by atoms with van der Waals surface area (Å²) in [4.78, 5) is 14.6. The number of aliphatic hydroxyl groups excluding tert-OH is 1. The molecule has 0 bridgehead atoms. The number of benzene rings is 3. The number of halogens is 1. The third-order valence-corrected chi connectivity index (χ3v) is 5.17. The standard InChI is InChI=1S/C22H18BrNO3/c23-17-10-9-16-13-24(22(26)20(16)12-17)21(14-25)15-5-4-8-19(11-15)27-18-6-2-1-3-7-18/h1-12,21,25H,13-14H2. The number of para-hydroxylation sites is 1. The molecule has 1 N–H and O–H groups in total. The van der Waals surface area contributed by atoms with Crippen molar-refractivity contribution < 1.29 is 14.6 Å². The van der Waals surface area contributed by atoms with Gasteiger partial charge in [-0.05, 0) is 47.5 Å². The molecule has 0 fully saturated rings. The number of nitrogens with zero attached hydrogens (tertiary/aromatic N) is 1. The molecule has 0 saturated heterocycles. The number of hydrogen-bond donors (Lipinski definition) is 1. The Morgan fingerprint density at radius 2 is 1.78 bits per heavy atom. The lowest BCUT2D eigenvalue weighted by molar-refractivity contribution is 0.0615. The molecule has 1 amide bonds. The van der Waals surface area contributed by atoms with E-state index < -0.39 is 6.04 Å². The second-order valence-corrected chi connectivity index (χ2v) is 7.34. The molecule has 0 radical (unpaired) electrons. The average molecular weight is 424 g/mol. The molecule has 0 saturated carbocycles. The first-order chi connectivity index (χ1) is 13.2. The number of carbonyl (C=O) groups is 1. The minimum absolute atomic E-state index is 0.0697. The lowest BCUT2D eigenvalue weighted by atomic mass is 10.1. The van der Waals surface area contributed by atoms with Crippen LogP contribution in [0.3, 0.4) is 0 Å². The predicted molar refractivity (Wildman–Crippen MR) is 107 cm³/mol. The van der Waals surface area contributed by atoms with Crippen LogP contribution in [0.15, 0.2) is 77.3 Å². The summed E-state index contributed by atoms with van der Waals surface area (Å²) in [5.74, 6) is 1.34. The molecule has 1 heterocycles. The van der Waals surface area contributed by atoms with Crippen LogP contribution in [-0.4, -0.2) is 22.5 Å². The summed E-state index contributed by atoms with van der Waals surface area (Å²) in [5.41, 5.74) is 2.49. The lowest BCUT2D eigenvalue weighted by Gasteiger charge is -2.26. The first-order valence-corrected chi connectivity index (χ1v) is 9.48. The van der Waals surface area contributed by atoms with Crippen molar-refractivity contribution in [2.45, 2.75) is 12.6 Å². The molecule has 0 aromatic heterocycles. The Bertz CT molecular complexity index is 974. The van der Waals surface area contributed by atoms with Gasteiger partial charge in [-0.15, -0.1) is 0 Å². The van der Waals surface area contributed by atoms with E-state index in [1.807, 2.05) is 72.8 Å². The minimum atomic E-state index is -0.428. The molecule has 136 valence electrons. The van der Waals surface area contributed by atoms with Gasteiger partial charge in [0.2, 0.25) is 0 Å². The number of aliphatic hydroxyl groups is 1. The van der Waals surface area contributed by atoms with E-state index in [0.29, 0.717) is 17.9 Å². The Morgan fingerprint density at radius 1 is 1.00 bits per heavy atom. The smallest absolute Gasteiger partial charge is 0.255 e. The fourth-order valence-corrected chi connectivity index (χ4v) is 3.70. The Hall–Kier alpha value is -2.63. The van der Waals surface area contributed by atoms with Crippen molar-refractivity contribution in [3.63, 3.8) is 0 Å². The maximum atomic E-state index is 12.9. The van der Waals surface area contributed by atoms with Gasteiger partial charge in [-0.2, -0.15) is 0 Å². The van der Waals surface area contributed by atoms with Crippen LogP contribution in [0, 0.1) is 0 Å². The first kappa shape index (κ1) is 17.8. The third-order valence-electron chi connectivity index (χ3n) is 4.67. The van der Waals surface area contributed by atoms with Crippen molar-refractivity contribution in [1.29, 1.82) is 0 Å². The van der Waals surface area contributed by atoms with Crippen molar-refractivity contribution >= 4 is 21.8 Å². The number of amides is 1. The van der Waals surface area contributed by atoms with Gasteiger partial charge in [-0.1, -0.05) is 52.3 Å². The number of rotatable bonds is 5. The molecular weight excluding hydrogens is 406 g/mol. The van der Waals surface area contributed by atoms with Gasteiger partial charge in [0.25, 0.3) is 5.91 Å². The van der Waals surface area contributed by atoms with Crippen LogP contribution in [0.1, 0.15) is 27.5 Å². The molecule has 4 rings (SSSR count). The van der Waals surface area contributed by atoms with Crippen LogP contribution in [0.25, 0.3) is 0 Å². The highest BCUT2D eigenvalue weighted by Gasteiger charge is 2.33. The normalized spacial score (nSPS) is 14.1. The average Bonchev–Trinajstić information content (AvgIpc) is 3.00.